The van der Waals surface area contributed by atoms with Gasteiger partial charge < -0.3 is 4.52 Å². The molecule has 0 aliphatic carbocycles. The summed E-state index contributed by atoms with van der Waals surface area (Å²) in [7, 11) is -3.82. The topological polar surface area (TPSA) is 86.2 Å². The second-order valence-electron chi connectivity index (χ2n) is 2.94. The van der Waals surface area contributed by atoms with E-state index in [1.54, 1.807) is 12.1 Å². The zero-order valence-corrected chi connectivity index (χ0v) is 8.44. The number of nitrogens with zero attached hydrogens (tertiary/aromatic N) is 1. The molecule has 0 aliphatic heterocycles. The molecule has 0 aliphatic rings. The Morgan fingerprint density at radius 2 is 1.87 bits per heavy atom. The molecule has 0 spiro atoms. The average molecular weight is 224 g/mol. The number of benzene rings is 1. The maximum Gasteiger partial charge on any atom is 0.274 e. The minimum Gasteiger partial charge on any atom is -0.343 e. The number of nitrogens with two attached hydrogens (primary N) is 1. The number of rotatable bonds is 2. The van der Waals surface area contributed by atoms with Crippen molar-refractivity contribution in [1.29, 1.82) is 0 Å². The largest absolute Gasteiger partial charge is 0.343 e. The van der Waals surface area contributed by atoms with Crippen molar-refractivity contribution in [2.75, 3.05) is 0 Å². The van der Waals surface area contributed by atoms with Gasteiger partial charge in [-0.05, 0) is 0 Å². The molecule has 6 heteroatoms. The molecular weight excluding hydrogens is 216 g/mol. The molecule has 0 unspecified atom stereocenters. The van der Waals surface area contributed by atoms with E-state index in [9.17, 15) is 8.42 Å². The Morgan fingerprint density at radius 1 is 1.20 bits per heavy atom. The summed E-state index contributed by atoms with van der Waals surface area (Å²) in [5.74, 6) is 0. The van der Waals surface area contributed by atoms with Crippen molar-refractivity contribution >= 4 is 10.0 Å². The normalized spacial score (nSPS) is 11.5. The highest BCUT2D eigenvalue weighted by atomic mass is 32.2. The van der Waals surface area contributed by atoms with Gasteiger partial charge in [0, 0.05) is 11.6 Å². The zero-order chi connectivity index (χ0) is 10.9. The molecule has 78 valence electrons. The van der Waals surface area contributed by atoms with E-state index in [1.165, 1.54) is 6.07 Å². The van der Waals surface area contributed by atoms with Crippen LogP contribution < -0.4 is 5.14 Å². The second-order valence-corrected chi connectivity index (χ2v) is 4.43. The third-order valence-electron chi connectivity index (χ3n) is 1.84. The number of hydrogen-bond acceptors (Lipinski definition) is 4. The molecule has 1 aromatic heterocycles. The summed E-state index contributed by atoms with van der Waals surface area (Å²) in [6.07, 6.45) is 0. The predicted octanol–water partition coefficient (Wildman–Crippen LogP) is 0.989. The molecular formula is C9H8N2O3S. The van der Waals surface area contributed by atoms with Gasteiger partial charge >= 0.3 is 0 Å². The molecule has 0 atom stereocenters. The van der Waals surface area contributed by atoms with E-state index in [-0.39, 0.29) is 5.09 Å². The van der Waals surface area contributed by atoms with E-state index in [1.807, 2.05) is 18.2 Å². The van der Waals surface area contributed by atoms with Gasteiger partial charge in [0.1, 0.15) is 5.69 Å². The second kappa shape index (κ2) is 3.48. The quantitative estimate of drug-likeness (QED) is 0.824. The van der Waals surface area contributed by atoms with Gasteiger partial charge in [-0.15, -0.1) is 0 Å². The highest BCUT2D eigenvalue weighted by molar-refractivity contribution is 7.89. The van der Waals surface area contributed by atoms with Crippen molar-refractivity contribution in [2.24, 2.45) is 5.14 Å². The molecule has 0 fully saturated rings. The standard InChI is InChI=1S/C9H8N2O3S/c10-15(12,13)9-6-8(11-14-9)7-4-2-1-3-5-7/h1-6H,(H2,10,12,13). The smallest absolute Gasteiger partial charge is 0.274 e. The van der Waals surface area contributed by atoms with Crippen LogP contribution in [-0.2, 0) is 10.0 Å². The minimum atomic E-state index is -3.82. The monoisotopic (exact) mass is 224 g/mol. The van der Waals surface area contributed by atoms with E-state index in [0.29, 0.717) is 5.69 Å². The fourth-order valence-electron chi connectivity index (χ4n) is 1.14. The van der Waals surface area contributed by atoms with Gasteiger partial charge in [0.25, 0.3) is 15.1 Å². The van der Waals surface area contributed by atoms with Crippen LogP contribution in [0.4, 0.5) is 0 Å². The zero-order valence-electron chi connectivity index (χ0n) is 7.62. The molecule has 0 bridgehead atoms. The van der Waals surface area contributed by atoms with E-state index < -0.39 is 10.0 Å². The Bertz CT molecular complexity index is 560. The van der Waals surface area contributed by atoms with Gasteiger partial charge in [-0.1, -0.05) is 35.5 Å². The maximum atomic E-state index is 10.9. The number of primary sulfonamides is 1. The lowest BCUT2D eigenvalue weighted by Gasteiger charge is -1.91. The number of hydrogen-bond donors (Lipinski definition) is 1. The van der Waals surface area contributed by atoms with Crippen LogP contribution in [0.5, 0.6) is 0 Å². The maximum absolute atomic E-state index is 10.9. The first-order chi connectivity index (χ1) is 7.07. The number of sulfonamides is 1. The minimum absolute atomic E-state index is 0.332. The first-order valence-electron chi connectivity index (χ1n) is 4.12. The molecule has 0 amide bonds. The van der Waals surface area contributed by atoms with Crippen molar-refractivity contribution in [3.63, 3.8) is 0 Å². The molecule has 5 nitrogen and oxygen atoms in total. The summed E-state index contributed by atoms with van der Waals surface area (Å²) >= 11 is 0. The molecule has 1 heterocycles. The van der Waals surface area contributed by atoms with Crippen molar-refractivity contribution < 1.29 is 12.9 Å². The van der Waals surface area contributed by atoms with E-state index in [2.05, 4.69) is 9.68 Å². The van der Waals surface area contributed by atoms with Crippen LogP contribution in [0.15, 0.2) is 46.0 Å². The highest BCUT2D eigenvalue weighted by Gasteiger charge is 2.15. The van der Waals surface area contributed by atoms with Gasteiger partial charge in [-0.2, -0.15) is 0 Å². The first-order valence-corrected chi connectivity index (χ1v) is 5.67. The van der Waals surface area contributed by atoms with Crippen LogP contribution in [-0.4, -0.2) is 13.6 Å². The van der Waals surface area contributed by atoms with Gasteiger partial charge in [0.15, 0.2) is 0 Å². The third kappa shape index (κ3) is 2.05. The summed E-state index contributed by atoms with van der Waals surface area (Å²) in [6, 6.07) is 10.4. The third-order valence-corrected chi connectivity index (χ3v) is 2.59. The van der Waals surface area contributed by atoms with E-state index in [0.717, 1.165) is 5.56 Å². The lowest BCUT2D eigenvalue weighted by molar-refractivity contribution is 0.341. The SMILES string of the molecule is NS(=O)(=O)c1cc(-c2ccccc2)no1. The molecule has 2 N–H and O–H groups in total. The van der Waals surface area contributed by atoms with Crippen LogP contribution >= 0.6 is 0 Å². The van der Waals surface area contributed by atoms with Crippen LogP contribution in [0.25, 0.3) is 11.3 Å². The van der Waals surface area contributed by atoms with Crippen molar-refractivity contribution in [3.8, 4) is 11.3 Å². The van der Waals surface area contributed by atoms with Gasteiger partial charge in [0.2, 0.25) is 0 Å². The van der Waals surface area contributed by atoms with Crippen LogP contribution in [0.3, 0.4) is 0 Å². The lowest BCUT2D eigenvalue weighted by atomic mass is 10.2. The van der Waals surface area contributed by atoms with Crippen molar-refractivity contribution in [3.05, 3.63) is 36.4 Å². The molecule has 1 aromatic carbocycles. The fourth-order valence-corrected chi connectivity index (χ4v) is 1.55. The molecule has 2 aromatic rings. The molecule has 0 saturated carbocycles. The van der Waals surface area contributed by atoms with Crippen LogP contribution in [0, 0.1) is 0 Å². The van der Waals surface area contributed by atoms with Crippen molar-refractivity contribution in [1.82, 2.24) is 5.16 Å². The van der Waals surface area contributed by atoms with Crippen molar-refractivity contribution in [2.45, 2.75) is 5.09 Å². The summed E-state index contributed by atoms with van der Waals surface area (Å²) in [5.41, 5.74) is 1.22. The summed E-state index contributed by atoms with van der Waals surface area (Å²) in [4.78, 5) is 0. The molecule has 0 radical (unpaired) electrons. The van der Waals surface area contributed by atoms with Gasteiger partial charge in [-0.3, -0.25) is 0 Å². The summed E-state index contributed by atoms with van der Waals surface area (Å²) < 4.78 is 26.5. The molecule has 15 heavy (non-hydrogen) atoms. The summed E-state index contributed by atoms with van der Waals surface area (Å²) in [5, 5.41) is 8.17. The Labute approximate surface area is 86.6 Å². The highest BCUT2D eigenvalue weighted by Crippen LogP contribution is 2.20. The Balaban J connectivity index is 2.46. The van der Waals surface area contributed by atoms with Gasteiger partial charge in [0.05, 0.1) is 0 Å². The van der Waals surface area contributed by atoms with Crippen LogP contribution in [0.1, 0.15) is 0 Å². The average Bonchev–Trinajstić information content (AvgIpc) is 2.67. The van der Waals surface area contributed by atoms with E-state index >= 15 is 0 Å². The van der Waals surface area contributed by atoms with E-state index in [4.69, 9.17) is 5.14 Å². The Kier molecular flexibility index (Phi) is 2.29. The number of aromatic nitrogens is 1. The lowest BCUT2D eigenvalue weighted by Crippen LogP contribution is -2.10. The summed E-state index contributed by atoms with van der Waals surface area (Å²) in [6.45, 7) is 0. The van der Waals surface area contributed by atoms with Gasteiger partial charge in [-0.25, -0.2) is 13.6 Å². The fraction of sp³-hybridized carbons (Fsp3) is 0. The van der Waals surface area contributed by atoms with Crippen LogP contribution in [0.2, 0.25) is 0 Å². The molecule has 0 saturated heterocycles. The Hall–Kier alpha value is -1.66. The molecule has 2 rings (SSSR count). The Morgan fingerprint density at radius 3 is 2.40 bits per heavy atom. The predicted molar refractivity (Wildman–Crippen MR) is 53.3 cm³/mol. The first kappa shape index (κ1) is 9.88.